The van der Waals surface area contributed by atoms with E-state index in [1.165, 1.54) is 12.1 Å². The zero-order valence-electron chi connectivity index (χ0n) is 19.6. The summed E-state index contributed by atoms with van der Waals surface area (Å²) in [6.07, 6.45) is 3.19. The Morgan fingerprint density at radius 3 is 2.81 bits per heavy atom. The average Bonchev–Trinajstić information content (AvgIpc) is 2.84. The van der Waals surface area contributed by atoms with Crippen molar-refractivity contribution in [1.29, 1.82) is 0 Å². The molecule has 0 unspecified atom stereocenters. The zero-order chi connectivity index (χ0) is 25.5. The van der Waals surface area contributed by atoms with Crippen molar-refractivity contribution in [3.05, 3.63) is 105 Å². The van der Waals surface area contributed by atoms with E-state index in [-0.39, 0.29) is 16.5 Å². The van der Waals surface area contributed by atoms with Crippen LogP contribution < -0.4 is 16.0 Å². The lowest BCUT2D eigenvalue weighted by Crippen LogP contribution is -2.22. The summed E-state index contributed by atoms with van der Waals surface area (Å²) in [6, 6.07) is 20.1. The van der Waals surface area contributed by atoms with E-state index in [1.54, 1.807) is 24.3 Å². The normalized spacial score (nSPS) is 12.6. The summed E-state index contributed by atoms with van der Waals surface area (Å²) in [4.78, 5) is 29.8. The SMILES string of the molecule is CN(C/C=C/C(=O)Nc1ccc2c(c1)C(Nc1cccc(Br)c1)=NCN2)Cc1ccccc1[N+](=O)[O-]. The van der Waals surface area contributed by atoms with Crippen LogP contribution in [0.3, 0.4) is 0 Å². The Labute approximate surface area is 217 Å². The van der Waals surface area contributed by atoms with Crippen molar-refractivity contribution in [2.24, 2.45) is 4.99 Å². The molecule has 1 heterocycles. The molecule has 0 fully saturated rings. The standard InChI is InChI=1S/C26H25BrN6O3/c1-32(16-18-6-2-3-9-24(18)33(35)36)13-5-10-25(34)30-21-11-12-23-22(15-21)26(29-17-28-23)31-20-8-4-7-19(27)14-20/h2-12,14-15,28H,13,16-17H2,1H3,(H,29,31)(H,30,34)/b10-5+. The van der Waals surface area contributed by atoms with Gasteiger partial charge < -0.3 is 16.0 Å². The molecular weight excluding hydrogens is 524 g/mol. The molecule has 0 aromatic heterocycles. The topological polar surface area (TPSA) is 112 Å². The molecule has 1 aliphatic heterocycles. The van der Waals surface area contributed by atoms with E-state index in [9.17, 15) is 14.9 Å². The summed E-state index contributed by atoms with van der Waals surface area (Å²) in [5.41, 5.74) is 4.03. The molecule has 0 atom stereocenters. The summed E-state index contributed by atoms with van der Waals surface area (Å²) in [7, 11) is 1.84. The molecule has 36 heavy (non-hydrogen) atoms. The number of likely N-dealkylation sites (N-methyl/N-ethyl adjacent to an activating group) is 1. The summed E-state index contributed by atoms with van der Waals surface area (Å²) >= 11 is 3.48. The number of nitro groups is 1. The molecule has 3 aromatic carbocycles. The number of nitrogens with one attached hydrogen (secondary N) is 3. The van der Waals surface area contributed by atoms with Gasteiger partial charge in [-0.25, -0.2) is 4.99 Å². The van der Waals surface area contributed by atoms with Gasteiger partial charge in [-0.1, -0.05) is 46.3 Å². The van der Waals surface area contributed by atoms with Gasteiger partial charge in [-0.15, -0.1) is 0 Å². The van der Waals surface area contributed by atoms with Gasteiger partial charge in [0.1, 0.15) is 12.5 Å². The molecule has 0 saturated heterocycles. The predicted molar refractivity (Wildman–Crippen MR) is 146 cm³/mol. The molecular formula is C26H25BrN6O3. The lowest BCUT2D eigenvalue weighted by molar-refractivity contribution is -0.385. The van der Waals surface area contributed by atoms with Crippen LogP contribution in [0.1, 0.15) is 11.1 Å². The Morgan fingerprint density at radius 2 is 2.00 bits per heavy atom. The Hall–Kier alpha value is -4.02. The fraction of sp³-hybridized carbons (Fsp3) is 0.154. The van der Waals surface area contributed by atoms with E-state index in [1.807, 2.05) is 54.4 Å². The molecule has 10 heteroatoms. The third kappa shape index (κ3) is 6.55. The van der Waals surface area contributed by atoms with Crippen molar-refractivity contribution in [3.63, 3.8) is 0 Å². The summed E-state index contributed by atoms with van der Waals surface area (Å²) < 4.78 is 0.961. The van der Waals surface area contributed by atoms with Crippen LogP contribution in [0.2, 0.25) is 0 Å². The highest BCUT2D eigenvalue weighted by atomic mass is 79.9. The van der Waals surface area contributed by atoms with E-state index < -0.39 is 0 Å². The minimum absolute atomic E-state index is 0.0882. The van der Waals surface area contributed by atoms with Gasteiger partial charge in [0, 0.05) is 57.9 Å². The molecule has 0 aliphatic carbocycles. The molecule has 0 bridgehead atoms. The Kier molecular flexibility index (Phi) is 8.09. The van der Waals surface area contributed by atoms with Crippen molar-refractivity contribution >= 4 is 50.4 Å². The van der Waals surface area contributed by atoms with Crippen LogP contribution in [0.4, 0.5) is 22.7 Å². The number of amides is 1. The number of hydrogen-bond donors (Lipinski definition) is 3. The molecule has 4 rings (SSSR count). The number of halogens is 1. The van der Waals surface area contributed by atoms with Crippen LogP contribution in [0.15, 0.2) is 88.3 Å². The van der Waals surface area contributed by atoms with Crippen molar-refractivity contribution in [2.75, 3.05) is 36.2 Å². The molecule has 0 spiro atoms. The molecule has 3 N–H and O–H groups in total. The highest BCUT2D eigenvalue weighted by Gasteiger charge is 2.16. The maximum Gasteiger partial charge on any atom is 0.273 e. The fourth-order valence-electron chi connectivity index (χ4n) is 3.77. The summed E-state index contributed by atoms with van der Waals surface area (Å²) in [6.45, 7) is 1.31. The predicted octanol–water partition coefficient (Wildman–Crippen LogP) is 5.23. The van der Waals surface area contributed by atoms with Crippen LogP contribution in [-0.4, -0.2) is 41.8 Å². The first-order valence-corrected chi connectivity index (χ1v) is 12.0. The van der Waals surface area contributed by atoms with Gasteiger partial charge in [0.25, 0.3) is 5.69 Å². The fourth-order valence-corrected chi connectivity index (χ4v) is 4.17. The first-order chi connectivity index (χ1) is 17.4. The Morgan fingerprint density at radius 1 is 1.17 bits per heavy atom. The summed E-state index contributed by atoms with van der Waals surface area (Å²) in [5, 5.41) is 20.7. The van der Waals surface area contributed by atoms with Crippen molar-refractivity contribution in [3.8, 4) is 0 Å². The number of rotatable bonds is 8. The van der Waals surface area contributed by atoms with Gasteiger partial charge in [0.05, 0.1) is 4.92 Å². The first kappa shape index (κ1) is 25.1. The quantitative estimate of drug-likeness (QED) is 0.202. The minimum atomic E-state index is -0.384. The highest BCUT2D eigenvalue weighted by molar-refractivity contribution is 9.10. The zero-order valence-corrected chi connectivity index (χ0v) is 21.2. The van der Waals surface area contributed by atoms with E-state index >= 15 is 0 Å². The number of nitrogens with zero attached hydrogens (tertiary/aromatic N) is 3. The van der Waals surface area contributed by atoms with Crippen LogP contribution >= 0.6 is 15.9 Å². The maximum absolute atomic E-state index is 12.5. The number of para-hydroxylation sites is 1. The Bertz CT molecular complexity index is 1340. The summed E-state index contributed by atoms with van der Waals surface area (Å²) in [5.74, 6) is 0.446. The number of nitro benzene ring substituents is 1. The monoisotopic (exact) mass is 548 g/mol. The second-order valence-corrected chi connectivity index (χ2v) is 9.13. The number of benzene rings is 3. The molecule has 1 aliphatic rings. The average molecular weight is 549 g/mol. The van der Waals surface area contributed by atoms with E-state index in [2.05, 4.69) is 36.9 Å². The largest absolute Gasteiger partial charge is 0.366 e. The van der Waals surface area contributed by atoms with Gasteiger partial charge >= 0.3 is 0 Å². The van der Waals surface area contributed by atoms with Gasteiger partial charge in [-0.3, -0.25) is 19.8 Å². The third-order valence-electron chi connectivity index (χ3n) is 5.45. The molecule has 0 radical (unpaired) electrons. The van der Waals surface area contributed by atoms with Crippen molar-refractivity contribution in [2.45, 2.75) is 6.54 Å². The van der Waals surface area contributed by atoms with Gasteiger partial charge in [0.15, 0.2) is 0 Å². The molecule has 9 nitrogen and oxygen atoms in total. The highest BCUT2D eigenvalue weighted by Crippen LogP contribution is 2.26. The van der Waals surface area contributed by atoms with Crippen LogP contribution in [0.25, 0.3) is 0 Å². The number of aliphatic imine (C=N–C) groups is 1. The molecule has 184 valence electrons. The molecule has 1 amide bonds. The van der Waals surface area contributed by atoms with Crippen molar-refractivity contribution < 1.29 is 9.72 Å². The number of fused-ring (bicyclic) bond motifs is 1. The second kappa shape index (κ2) is 11.6. The maximum atomic E-state index is 12.5. The van der Waals surface area contributed by atoms with Gasteiger partial charge in [0.2, 0.25) is 5.91 Å². The number of amidine groups is 1. The minimum Gasteiger partial charge on any atom is -0.366 e. The molecule has 0 saturated carbocycles. The number of carbonyl (C=O) groups is 1. The Balaban J connectivity index is 1.36. The number of anilines is 3. The van der Waals surface area contributed by atoms with E-state index in [0.717, 1.165) is 21.4 Å². The van der Waals surface area contributed by atoms with Gasteiger partial charge in [-0.05, 0) is 43.4 Å². The first-order valence-electron chi connectivity index (χ1n) is 11.2. The molecule has 3 aromatic rings. The van der Waals surface area contributed by atoms with Crippen LogP contribution in [-0.2, 0) is 11.3 Å². The second-order valence-electron chi connectivity index (χ2n) is 8.21. The van der Waals surface area contributed by atoms with Gasteiger partial charge in [-0.2, -0.15) is 0 Å². The van der Waals surface area contributed by atoms with Crippen molar-refractivity contribution in [1.82, 2.24) is 4.90 Å². The third-order valence-corrected chi connectivity index (χ3v) is 5.94. The van der Waals surface area contributed by atoms with E-state index in [4.69, 9.17) is 0 Å². The number of carbonyl (C=O) groups excluding carboxylic acids is 1. The van der Waals surface area contributed by atoms with Crippen LogP contribution in [0.5, 0.6) is 0 Å². The number of hydrogen-bond acceptors (Lipinski definition) is 7. The lowest BCUT2D eigenvalue weighted by atomic mass is 10.1. The smallest absolute Gasteiger partial charge is 0.273 e. The van der Waals surface area contributed by atoms with Crippen LogP contribution in [0, 0.1) is 10.1 Å². The lowest BCUT2D eigenvalue weighted by Gasteiger charge is -2.20. The van der Waals surface area contributed by atoms with E-state index in [0.29, 0.717) is 36.8 Å².